The van der Waals surface area contributed by atoms with E-state index in [-0.39, 0.29) is 24.5 Å². The lowest BCUT2D eigenvalue weighted by Crippen LogP contribution is -2.93. The molecule has 0 saturated heterocycles. The summed E-state index contributed by atoms with van der Waals surface area (Å²) in [4.78, 5) is 24.1. The molecule has 0 radical (unpaired) electrons. The average molecular weight is 329 g/mol. The summed E-state index contributed by atoms with van der Waals surface area (Å²) in [6.45, 7) is 4.26. The number of hydrogen-bond acceptors (Lipinski definition) is 3. The minimum atomic E-state index is -0.353. The highest BCUT2D eigenvalue weighted by Gasteiger charge is 2.24. The highest BCUT2D eigenvalue weighted by atomic mass is 16.5. The Labute approximate surface area is 142 Å². The van der Waals surface area contributed by atoms with E-state index in [9.17, 15) is 9.59 Å². The van der Waals surface area contributed by atoms with Crippen LogP contribution in [-0.4, -0.2) is 31.6 Å². The second kappa shape index (κ2) is 8.45. The molecule has 2 aromatic rings. The molecule has 0 bridgehead atoms. The van der Waals surface area contributed by atoms with Gasteiger partial charge in [0, 0.05) is 17.5 Å². The molecule has 0 spiro atoms. The monoisotopic (exact) mass is 329 g/mol. The molecule has 2 aromatic carbocycles. The second-order valence-electron chi connectivity index (χ2n) is 6.27. The molecule has 1 amide bonds. The molecular formula is C19H25N2O3+. The van der Waals surface area contributed by atoms with Crippen molar-refractivity contribution in [1.82, 2.24) is 0 Å². The molecular weight excluding hydrogens is 304 g/mol. The molecule has 5 heteroatoms. The van der Waals surface area contributed by atoms with Gasteiger partial charge in [-0.15, -0.1) is 0 Å². The Morgan fingerprint density at radius 1 is 1.12 bits per heavy atom. The summed E-state index contributed by atoms with van der Waals surface area (Å²) in [6.07, 6.45) is 0.675. The zero-order chi connectivity index (χ0) is 17.5. The first-order valence-corrected chi connectivity index (χ1v) is 8.20. The van der Waals surface area contributed by atoms with Crippen molar-refractivity contribution < 1.29 is 19.6 Å². The first-order chi connectivity index (χ1) is 11.5. The summed E-state index contributed by atoms with van der Waals surface area (Å²) < 4.78 is 4.82. The van der Waals surface area contributed by atoms with Gasteiger partial charge >= 0.3 is 5.97 Å². The molecule has 0 aliphatic carbocycles. The van der Waals surface area contributed by atoms with E-state index in [4.69, 9.17) is 4.74 Å². The topological polar surface area (TPSA) is 72.0 Å². The number of nitrogens with one attached hydrogen (secondary N) is 1. The molecule has 0 saturated carbocycles. The predicted octanol–water partition coefficient (Wildman–Crippen LogP) is 1.93. The number of amides is 1. The number of quaternary nitrogens is 1. The third-order valence-electron chi connectivity index (χ3n) is 3.88. The maximum atomic E-state index is 12.3. The van der Waals surface area contributed by atoms with E-state index in [1.807, 2.05) is 56.3 Å². The quantitative estimate of drug-likeness (QED) is 0.763. The van der Waals surface area contributed by atoms with Crippen LogP contribution in [0.15, 0.2) is 42.5 Å². The molecule has 24 heavy (non-hydrogen) atoms. The van der Waals surface area contributed by atoms with Gasteiger partial charge in [-0.3, -0.25) is 4.79 Å². The minimum Gasteiger partial charge on any atom is -0.465 e. The Kier molecular flexibility index (Phi) is 6.32. The van der Waals surface area contributed by atoms with Gasteiger partial charge in [0.2, 0.25) is 0 Å². The van der Waals surface area contributed by atoms with Crippen LogP contribution in [0.2, 0.25) is 0 Å². The molecule has 0 aliphatic heterocycles. The third-order valence-corrected chi connectivity index (χ3v) is 3.88. The van der Waals surface area contributed by atoms with Crippen LogP contribution in [0.4, 0.5) is 5.69 Å². The van der Waals surface area contributed by atoms with E-state index >= 15 is 0 Å². The summed E-state index contributed by atoms with van der Waals surface area (Å²) in [5, 5.41) is 6.75. The molecule has 0 aliphatic rings. The van der Waals surface area contributed by atoms with Crippen LogP contribution in [0.1, 0.15) is 20.3 Å². The van der Waals surface area contributed by atoms with Crippen LogP contribution in [0.3, 0.4) is 0 Å². The predicted molar refractivity (Wildman–Crippen MR) is 94.6 cm³/mol. The number of anilines is 1. The lowest BCUT2D eigenvalue weighted by molar-refractivity contribution is -0.668. The molecule has 2 rings (SSSR count). The number of methoxy groups -OCH3 is 1. The number of carbonyl (C=O) groups is 2. The van der Waals surface area contributed by atoms with Gasteiger partial charge in [0.25, 0.3) is 5.91 Å². The van der Waals surface area contributed by atoms with E-state index in [0.717, 1.165) is 16.5 Å². The van der Waals surface area contributed by atoms with Gasteiger partial charge in [0.05, 0.1) is 7.11 Å². The molecule has 3 N–H and O–H groups in total. The van der Waals surface area contributed by atoms with Gasteiger partial charge in [-0.25, -0.2) is 4.79 Å². The summed E-state index contributed by atoms with van der Waals surface area (Å²) in [5.41, 5.74) is 0.782. The Morgan fingerprint density at radius 3 is 2.54 bits per heavy atom. The zero-order valence-corrected chi connectivity index (χ0v) is 14.4. The van der Waals surface area contributed by atoms with Crippen LogP contribution in [0.25, 0.3) is 10.8 Å². The smallest absolute Gasteiger partial charge is 0.364 e. The van der Waals surface area contributed by atoms with Crippen molar-refractivity contribution in [1.29, 1.82) is 0 Å². The molecule has 5 nitrogen and oxygen atoms in total. The van der Waals surface area contributed by atoms with Crippen LogP contribution < -0.4 is 10.6 Å². The van der Waals surface area contributed by atoms with Crippen molar-refractivity contribution in [2.24, 2.45) is 5.92 Å². The van der Waals surface area contributed by atoms with Crippen LogP contribution >= 0.6 is 0 Å². The summed E-state index contributed by atoms with van der Waals surface area (Å²) >= 11 is 0. The van der Waals surface area contributed by atoms with Crippen LogP contribution in [0, 0.1) is 5.92 Å². The van der Waals surface area contributed by atoms with Crippen molar-refractivity contribution >= 4 is 28.3 Å². The van der Waals surface area contributed by atoms with Gasteiger partial charge < -0.3 is 15.4 Å². The van der Waals surface area contributed by atoms with Gasteiger partial charge in [-0.1, -0.05) is 50.2 Å². The van der Waals surface area contributed by atoms with Crippen molar-refractivity contribution in [3.05, 3.63) is 42.5 Å². The number of esters is 1. The van der Waals surface area contributed by atoms with Crippen molar-refractivity contribution in [3.63, 3.8) is 0 Å². The number of ether oxygens (including phenoxy) is 1. The first kappa shape index (κ1) is 17.9. The fourth-order valence-electron chi connectivity index (χ4n) is 2.73. The van der Waals surface area contributed by atoms with E-state index in [1.54, 1.807) is 5.32 Å². The summed E-state index contributed by atoms with van der Waals surface area (Å²) in [5.74, 6) is -0.0721. The van der Waals surface area contributed by atoms with Crippen molar-refractivity contribution in [3.8, 4) is 0 Å². The van der Waals surface area contributed by atoms with Gasteiger partial charge in [0.1, 0.15) is 0 Å². The third kappa shape index (κ3) is 4.80. The van der Waals surface area contributed by atoms with Crippen LogP contribution in [0.5, 0.6) is 0 Å². The standard InChI is InChI=1S/C19H24N2O3/c1-13(2)11-17(19(23)24-3)20-12-18(22)21-16-10-6-8-14-7-4-5-9-15(14)16/h4-10,13,17,20H,11-12H2,1-3H3,(H,21,22)/p+1/t17-/m1/s1. The van der Waals surface area contributed by atoms with E-state index in [1.165, 1.54) is 7.11 Å². The lowest BCUT2D eigenvalue weighted by Gasteiger charge is -2.15. The Morgan fingerprint density at radius 2 is 1.83 bits per heavy atom. The molecule has 0 unspecified atom stereocenters. The first-order valence-electron chi connectivity index (χ1n) is 8.20. The fourth-order valence-corrected chi connectivity index (χ4v) is 2.73. The molecule has 0 aromatic heterocycles. The minimum absolute atomic E-state index is 0.135. The van der Waals surface area contributed by atoms with Crippen LogP contribution in [-0.2, 0) is 14.3 Å². The molecule has 0 heterocycles. The number of benzene rings is 2. The highest BCUT2D eigenvalue weighted by molar-refractivity contribution is 6.02. The zero-order valence-electron chi connectivity index (χ0n) is 14.4. The number of rotatable bonds is 7. The van der Waals surface area contributed by atoms with E-state index in [2.05, 4.69) is 5.32 Å². The Balaban J connectivity index is 2.00. The largest absolute Gasteiger partial charge is 0.465 e. The lowest BCUT2D eigenvalue weighted by atomic mass is 10.0. The number of hydrogen-bond donors (Lipinski definition) is 2. The maximum absolute atomic E-state index is 12.3. The SMILES string of the molecule is COC(=O)[C@@H](CC(C)C)[NH2+]CC(=O)Nc1cccc2ccccc12. The Hall–Kier alpha value is -2.40. The number of nitrogens with two attached hydrogens (primary N) is 1. The maximum Gasteiger partial charge on any atom is 0.364 e. The van der Waals surface area contributed by atoms with Crippen molar-refractivity contribution in [2.75, 3.05) is 19.0 Å². The van der Waals surface area contributed by atoms with Gasteiger partial charge in [-0.05, 0) is 17.4 Å². The van der Waals surface area contributed by atoms with E-state index in [0.29, 0.717) is 12.3 Å². The molecule has 0 fully saturated rings. The summed E-state index contributed by atoms with van der Waals surface area (Å²) in [7, 11) is 1.37. The normalized spacial score (nSPS) is 12.2. The highest BCUT2D eigenvalue weighted by Crippen LogP contribution is 2.22. The average Bonchev–Trinajstić information content (AvgIpc) is 2.58. The van der Waals surface area contributed by atoms with Crippen molar-refractivity contribution in [2.45, 2.75) is 26.3 Å². The molecule has 128 valence electrons. The Bertz CT molecular complexity index is 707. The molecule has 1 atom stereocenters. The summed E-state index contributed by atoms with van der Waals surface area (Å²) in [6, 6.07) is 13.3. The number of carbonyl (C=O) groups excluding carboxylic acids is 2. The van der Waals surface area contributed by atoms with Gasteiger partial charge in [-0.2, -0.15) is 0 Å². The van der Waals surface area contributed by atoms with Gasteiger partial charge in [0.15, 0.2) is 12.6 Å². The number of fused-ring (bicyclic) bond motifs is 1. The fraction of sp³-hybridized carbons (Fsp3) is 0.368. The second-order valence-corrected chi connectivity index (χ2v) is 6.27. The van der Waals surface area contributed by atoms with E-state index < -0.39 is 0 Å².